The van der Waals surface area contributed by atoms with Crippen molar-refractivity contribution in [3.8, 4) is 17.3 Å². The van der Waals surface area contributed by atoms with Crippen LogP contribution >= 0.6 is 0 Å². The van der Waals surface area contributed by atoms with Crippen LogP contribution < -0.4 is 0 Å². The highest BCUT2D eigenvalue weighted by atomic mass is 16.5. The zero-order valence-corrected chi connectivity index (χ0v) is 11.6. The number of phenols is 1. The first-order valence-electron chi connectivity index (χ1n) is 7.07. The van der Waals surface area contributed by atoms with E-state index in [2.05, 4.69) is 15.1 Å². The number of aromatic nitrogens is 3. The van der Waals surface area contributed by atoms with Crippen LogP contribution in [0.4, 0.5) is 0 Å². The van der Waals surface area contributed by atoms with Crippen LogP contribution in [0.25, 0.3) is 11.6 Å². The standard InChI is InChI=1S/C16H13N3O3/c20-13-4-2-1-3-11(13)14(21)10-7-12(17-8-10)16-18-15(19-22-16)9-5-6-9/h1-4,7-9,17,20H,5-6H2. The lowest BCUT2D eigenvalue weighted by molar-refractivity contribution is 0.103. The summed E-state index contributed by atoms with van der Waals surface area (Å²) < 4.78 is 5.22. The number of nitrogens with one attached hydrogen (secondary N) is 1. The summed E-state index contributed by atoms with van der Waals surface area (Å²) in [4.78, 5) is 19.7. The molecule has 110 valence electrons. The van der Waals surface area contributed by atoms with Crippen LogP contribution in [0.2, 0.25) is 0 Å². The van der Waals surface area contributed by atoms with Gasteiger partial charge in [0.1, 0.15) is 11.4 Å². The number of phenolic OH excluding ortho intramolecular Hbond substituents is 1. The quantitative estimate of drug-likeness (QED) is 0.722. The summed E-state index contributed by atoms with van der Waals surface area (Å²) >= 11 is 0. The second-order valence-electron chi connectivity index (χ2n) is 5.38. The van der Waals surface area contributed by atoms with Gasteiger partial charge in [0.2, 0.25) is 0 Å². The molecule has 0 saturated heterocycles. The largest absolute Gasteiger partial charge is 0.507 e. The molecule has 0 spiro atoms. The predicted molar refractivity (Wildman–Crippen MR) is 77.6 cm³/mol. The second-order valence-corrected chi connectivity index (χ2v) is 5.38. The van der Waals surface area contributed by atoms with Crippen LogP contribution in [0.3, 0.4) is 0 Å². The lowest BCUT2D eigenvalue weighted by Crippen LogP contribution is -1.99. The average Bonchev–Trinajstić information content (AvgIpc) is 3.07. The van der Waals surface area contributed by atoms with E-state index in [1.165, 1.54) is 6.07 Å². The Labute approximate surface area is 125 Å². The van der Waals surface area contributed by atoms with Crippen molar-refractivity contribution in [2.24, 2.45) is 0 Å². The van der Waals surface area contributed by atoms with Crippen molar-refractivity contribution in [3.05, 3.63) is 53.5 Å². The lowest BCUT2D eigenvalue weighted by Gasteiger charge is -2.00. The number of ketones is 1. The van der Waals surface area contributed by atoms with Gasteiger partial charge in [-0.2, -0.15) is 4.98 Å². The Morgan fingerprint density at radius 1 is 1.32 bits per heavy atom. The summed E-state index contributed by atoms with van der Waals surface area (Å²) in [5.74, 6) is 1.21. The maximum atomic E-state index is 12.4. The van der Waals surface area contributed by atoms with Gasteiger partial charge in [-0.15, -0.1) is 0 Å². The molecular weight excluding hydrogens is 282 g/mol. The zero-order chi connectivity index (χ0) is 15.1. The van der Waals surface area contributed by atoms with Gasteiger partial charge in [-0.3, -0.25) is 4.79 Å². The molecule has 1 saturated carbocycles. The van der Waals surface area contributed by atoms with E-state index in [-0.39, 0.29) is 17.1 Å². The van der Waals surface area contributed by atoms with E-state index in [0.717, 1.165) is 18.7 Å². The fourth-order valence-electron chi connectivity index (χ4n) is 2.32. The second kappa shape index (κ2) is 4.84. The molecule has 3 aromatic rings. The molecule has 6 heteroatoms. The van der Waals surface area contributed by atoms with Crippen LogP contribution in [-0.4, -0.2) is 26.0 Å². The molecule has 1 fully saturated rings. The first-order valence-corrected chi connectivity index (χ1v) is 7.07. The summed E-state index contributed by atoms with van der Waals surface area (Å²) in [5, 5.41) is 13.7. The Morgan fingerprint density at radius 3 is 2.91 bits per heavy atom. The van der Waals surface area contributed by atoms with Gasteiger partial charge < -0.3 is 14.6 Å². The van der Waals surface area contributed by atoms with Gasteiger partial charge in [0, 0.05) is 17.7 Å². The molecule has 0 aliphatic heterocycles. The van der Waals surface area contributed by atoms with Gasteiger partial charge in [-0.1, -0.05) is 17.3 Å². The smallest absolute Gasteiger partial charge is 0.274 e. The molecule has 2 N–H and O–H groups in total. The van der Waals surface area contributed by atoms with E-state index in [4.69, 9.17) is 4.52 Å². The highest BCUT2D eigenvalue weighted by molar-refractivity contribution is 6.11. The molecule has 0 atom stereocenters. The molecular formula is C16H13N3O3. The van der Waals surface area contributed by atoms with Gasteiger partial charge in [-0.25, -0.2) is 0 Å². The fourth-order valence-corrected chi connectivity index (χ4v) is 2.32. The Balaban J connectivity index is 1.63. The van der Waals surface area contributed by atoms with Crippen LogP contribution in [0.15, 0.2) is 41.1 Å². The normalized spacial score (nSPS) is 14.2. The molecule has 4 rings (SSSR count). The van der Waals surface area contributed by atoms with Gasteiger partial charge in [0.05, 0.1) is 5.56 Å². The molecule has 22 heavy (non-hydrogen) atoms. The summed E-state index contributed by atoms with van der Waals surface area (Å²) in [6.07, 6.45) is 3.77. The highest BCUT2D eigenvalue weighted by Gasteiger charge is 2.29. The van der Waals surface area contributed by atoms with Crippen molar-refractivity contribution in [3.63, 3.8) is 0 Å². The zero-order valence-electron chi connectivity index (χ0n) is 11.6. The lowest BCUT2D eigenvalue weighted by atomic mass is 10.0. The minimum Gasteiger partial charge on any atom is -0.507 e. The van der Waals surface area contributed by atoms with Crippen molar-refractivity contribution < 1.29 is 14.4 Å². The van der Waals surface area contributed by atoms with Gasteiger partial charge in [0.25, 0.3) is 5.89 Å². The Bertz CT molecular complexity index is 846. The number of benzene rings is 1. The third kappa shape index (κ3) is 2.18. The van der Waals surface area contributed by atoms with Crippen molar-refractivity contribution in [1.29, 1.82) is 0 Å². The maximum absolute atomic E-state index is 12.4. The van der Waals surface area contributed by atoms with E-state index in [9.17, 15) is 9.90 Å². The molecule has 1 aliphatic carbocycles. The molecule has 0 bridgehead atoms. The average molecular weight is 295 g/mol. The third-order valence-electron chi connectivity index (χ3n) is 3.71. The van der Waals surface area contributed by atoms with Gasteiger partial charge >= 0.3 is 0 Å². The molecule has 1 aromatic carbocycles. The number of para-hydroxylation sites is 1. The number of nitrogens with zero attached hydrogens (tertiary/aromatic N) is 2. The first-order chi connectivity index (χ1) is 10.7. The third-order valence-corrected chi connectivity index (χ3v) is 3.71. The van der Waals surface area contributed by atoms with Crippen LogP contribution in [-0.2, 0) is 0 Å². The van der Waals surface area contributed by atoms with E-state index in [0.29, 0.717) is 23.1 Å². The van der Waals surface area contributed by atoms with Crippen molar-refractivity contribution in [1.82, 2.24) is 15.1 Å². The molecule has 6 nitrogen and oxygen atoms in total. The number of hydrogen-bond acceptors (Lipinski definition) is 5. The molecule has 0 radical (unpaired) electrons. The number of carbonyl (C=O) groups excluding carboxylic acids is 1. The Hall–Kier alpha value is -2.89. The van der Waals surface area contributed by atoms with E-state index in [1.807, 2.05) is 0 Å². The van der Waals surface area contributed by atoms with Gasteiger partial charge in [-0.05, 0) is 31.0 Å². The highest BCUT2D eigenvalue weighted by Crippen LogP contribution is 2.38. The molecule has 1 aliphatic rings. The molecule has 2 heterocycles. The number of H-pyrrole nitrogens is 1. The molecule has 2 aromatic heterocycles. The Morgan fingerprint density at radius 2 is 2.14 bits per heavy atom. The SMILES string of the molecule is O=C(c1c[nH]c(-c2nc(C3CC3)no2)c1)c1ccccc1O. The number of rotatable bonds is 4. The van der Waals surface area contributed by atoms with Crippen molar-refractivity contribution >= 4 is 5.78 Å². The van der Waals surface area contributed by atoms with E-state index in [1.54, 1.807) is 30.5 Å². The molecule has 0 unspecified atom stereocenters. The van der Waals surface area contributed by atoms with Crippen LogP contribution in [0.5, 0.6) is 5.75 Å². The fraction of sp³-hybridized carbons (Fsp3) is 0.188. The van der Waals surface area contributed by atoms with Crippen molar-refractivity contribution in [2.45, 2.75) is 18.8 Å². The monoisotopic (exact) mass is 295 g/mol. The number of aromatic amines is 1. The number of hydrogen-bond donors (Lipinski definition) is 2. The van der Waals surface area contributed by atoms with E-state index >= 15 is 0 Å². The topological polar surface area (TPSA) is 92.0 Å². The van der Waals surface area contributed by atoms with E-state index < -0.39 is 0 Å². The van der Waals surface area contributed by atoms with Crippen LogP contribution in [0.1, 0.15) is 40.5 Å². The van der Waals surface area contributed by atoms with Gasteiger partial charge in [0.15, 0.2) is 11.6 Å². The minimum absolute atomic E-state index is 0.0379. The number of aromatic hydroxyl groups is 1. The number of carbonyl (C=O) groups is 1. The predicted octanol–water partition coefficient (Wildman–Crippen LogP) is 2.88. The minimum atomic E-state index is -0.262. The van der Waals surface area contributed by atoms with Crippen LogP contribution in [0, 0.1) is 0 Å². The Kier molecular flexibility index (Phi) is 2.82. The molecule has 0 amide bonds. The first kappa shape index (κ1) is 12.8. The summed E-state index contributed by atoms with van der Waals surface area (Å²) in [6, 6.07) is 8.11. The summed E-state index contributed by atoms with van der Waals surface area (Å²) in [7, 11) is 0. The maximum Gasteiger partial charge on any atom is 0.274 e. The summed E-state index contributed by atoms with van der Waals surface area (Å²) in [5.41, 5.74) is 1.29. The summed E-state index contributed by atoms with van der Waals surface area (Å²) in [6.45, 7) is 0. The van der Waals surface area contributed by atoms with Crippen molar-refractivity contribution in [2.75, 3.05) is 0 Å².